The Morgan fingerprint density at radius 3 is 2.92 bits per heavy atom. The van der Waals surface area contributed by atoms with Crippen LogP contribution in [0, 0.1) is 0 Å². The second kappa shape index (κ2) is 3.26. The van der Waals surface area contributed by atoms with Crippen LogP contribution in [0.5, 0.6) is 5.75 Å². The van der Waals surface area contributed by atoms with Crippen LogP contribution >= 0.6 is 0 Å². The molecule has 0 amide bonds. The molecule has 1 aromatic carbocycles. The Morgan fingerprint density at radius 2 is 2.23 bits per heavy atom. The first-order chi connectivity index (χ1) is 6.40. The Balaban J connectivity index is 2.35. The van der Waals surface area contributed by atoms with Gasteiger partial charge in [0.05, 0.1) is 13.3 Å². The average molecular weight is 174 g/mol. The quantitative estimate of drug-likeness (QED) is 0.676. The molecule has 0 atom stereocenters. The highest BCUT2D eigenvalue weighted by Crippen LogP contribution is 2.22. The van der Waals surface area contributed by atoms with Gasteiger partial charge in [-0.15, -0.1) is 10.5 Å². The maximum atomic E-state index is 5.08. The highest BCUT2D eigenvalue weighted by atomic mass is 16.5. The van der Waals surface area contributed by atoms with E-state index in [9.17, 15) is 0 Å². The van der Waals surface area contributed by atoms with Gasteiger partial charge in [-0.25, -0.2) is 0 Å². The van der Waals surface area contributed by atoms with E-state index in [2.05, 4.69) is 15.8 Å². The highest BCUT2D eigenvalue weighted by Gasteiger charge is 2.05. The Bertz CT molecular complexity index is 371. The zero-order valence-electron chi connectivity index (χ0n) is 7.14. The van der Waals surface area contributed by atoms with Crippen molar-refractivity contribution in [2.75, 3.05) is 7.11 Å². The fraction of sp³-hybridized carbons (Fsp3) is 0.111. The number of hydrogen-bond donors (Lipinski definition) is 0. The molecule has 0 aromatic heterocycles. The maximum Gasteiger partial charge on any atom is 0.119 e. The highest BCUT2D eigenvalue weighted by molar-refractivity contribution is 5.65. The molecule has 0 unspecified atom stereocenters. The third-order valence-corrected chi connectivity index (χ3v) is 1.75. The maximum absolute atomic E-state index is 5.08. The Hall–Kier alpha value is -1.84. The van der Waals surface area contributed by atoms with Crippen LogP contribution in [0.1, 0.15) is 5.56 Å². The summed E-state index contributed by atoms with van der Waals surface area (Å²) in [6.45, 7) is 0. The van der Waals surface area contributed by atoms with E-state index in [0.29, 0.717) is 0 Å². The van der Waals surface area contributed by atoms with Gasteiger partial charge in [-0.05, 0) is 17.4 Å². The summed E-state index contributed by atoms with van der Waals surface area (Å²) in [5.74, 6) is 0.806. The minimum Gasteiger partial charge on any atom is -0.497 e. The van der Waals surface area contributed by atoms with Crippen molar-refractivity contribution in [2.45, 2.75) is 0 Å². The molecule has 0 N–H and O–H groups in total. The number of methoxy groups -OCH3 is 1. The van der Waals surface area contributed by atoms with Crippen molar-refractivity contribution >= 4 is 5.70 Å². The van der Waals surface area contributed by atoms with E-state index in [1.165, 1.54) is 0 Å². The van der Waals surface area contributed by atoms with E-state index >= 15 is 0 Å². The molecule has 0 saturated carbocycles. The van der Waals surface area contributed by atoms with E-state index in [4.69, 9.17) is 4.74 Å². The van der Waals surface area contributed by atoms with Gasteiger partial charge in [0.15, 0.2) is 0 Å². The molecule has 0 fully saturated rings. The zero-order chi connectivity index (χ0) is 9.10. The number of hydrogen-bond acceptors (Lipinski definition) is 3. The van der Waals surface area contributed by atoms with Crippen LogP contribution in [0.3, 0.4) is 0 Å². The molecule has 1 aliphatic rings. The normalized spacial score (nSPS) is 13.8. The molecule has 4 heteroatoms. The lowest BCUT2D eigenvalue weighted by Gasteiger charge is -2.01. The van der Waals surface area contributed by atoms with Gasteiger partial charge in [0, 0.05) is 5.56 Å². The van der Waals surface area contributed by atoms with E-state index in [1.807, 2.05) is 24.3 Å². The van der Waals surface area contributed by atoms with Crippen LogP contribution < -0.4 is 10.2 Å². The van der Waals surface area contributed by atoms with E-state index in [-0.39, 0.29) is 0 Å². The topological polar surface area (TPSA) is 48.0 Å². The van der Waals surface area contributed by atoms with Crippen molar-refractivity contribution in [2.24, 2.45) is 10.3 Å². The molecule has 4 nitrogen and oxygen atoms in total. The van der Waals surface area contributed by atoms with Gasteiger partial charge >= 0.3 is 0 Å². The predicted molar refractivity (Wildman–Crippen MR) is 48.0 cm³/mol. The van der Waals surface area contributed by atoms with Gasteiger partial charge < -0.3 is 4.74 Å². The monoisotopic (exact) mass is 174 g/mol. The summed E-state index contributed by atoms with van der Waals surface area (Å²) in [6.07, 6.45) is 1.62. The van der Waals surface area contributed by atoms with Crippen LogP contribution in [-0.2, 0) is 0 Å². The van der Waals surface area contributed by atoms with E-state index in [0.717, 1.165) is 17.0 Å². The summed E-state index contributed by atoms with van der Waals surface area (Å²) in [5.41, 5.74) is 5.38. The lowest BCUT2D eigenvalue weighted by atomic mass is 10.1. The molecule has 1 radical (unpaired) electrons. The molecule has 65 valence electrons. The molecule has 0 aliphatic carbocycles. The minimum absolute atomic E-state index is 0.763. The number of ether oxygens (including phenoxy) is 1. The number of benzene rings is 1. The molecule has 1 aromatic rings. The number of rotatable bonds is 2. The smallest absolute Gasteiger partial charge is 0.119 e. The summed E-state index contributed by atoms with van der Waals surface area (Å²) < 4.78 is 5.08. The van der Waals surface area contributed by atoms with Gasteiger partial charge in [0.1, 0.15) is 11.4 Å². The molecular formula is C9H8N3O. The summed E-state index contributed by atoms with van der Waals surface area (Å²) in [7, 11) is 1.63. The minimum atomic E-state index is 0.763. The Morgan fingerprint density at radius 1 is 1.31 bits per heavy atom. The van der Waals surface area contributed by atoms with Crippen molar-refractivity contribution in [3.8, 4) is 5.75 Å². The van der Waals surface area contributed by atoms with Crippen LogP contribution in [0.2, 0.25) is 0 Å². The fourth-order valence-corrected chi connectivity index (χ4v) is 1.09. The molecular weight excluding hydrogens is 166 g/mol. The second-order valence-electron chi connectivity index (χ2n) is 2.55. The molecule has 1 aliphatic heterocycles. The summed E-state index contributed by atoms with van der Waals surface area (Å²) in [5, 5.41) is 7.36. The number of nitrogens with zero attached hydrogens (tertiary/aromatic N) is 3. The predicted octanol–water partition coefficient (Wildman–Crippen LogP) is 1.98. The van der Waals surface area contributed by atoms with Gasteiger partial charge in [-0.3, -0.25) is 0 Å². The Labute approximate surface area is 75.9 Å². The molecule has 13 heavy (non-hydrogen) atoms. The lowest BCUT2D eigenvalue weighted by Crippen LogP contribution is -1.84. The summed E-state index contributed by atoms with van der Waals surface area (Å²) in [6, 6.07) is 7.62. The molecule has 0 bridgehead atoms. The SMILES string of the molecule is COc1cccc(C2=C[N]N=N2)c1. The first-order valence-electron chi connectivity index (χ1n) is 3.85. The second-order valence-corrected chi connectivity index (χ2v) is 2.55. The van der Waals surface area contributed by atoms with Crippen LogP contribution in [-0.4, -0.2) is 7.11 Å². The fourth-order valence-electron chi connectivity index (χ4n) is 1.09. The van der Waals surface area contributed by atoms with Crippen molar-refractivity contribution in [1.82, 2.24) is 5.43 Å². The van der Waals surface area contributed by atoms with Crippen molar-refractivity contribution in [3.63, 3.8) is 0 Å². The van der Waals surface area contributed by atoms with Crippen molar-refractivity contribution in [3.05, 3.63) is 36.0 Å². The standard InChI is InChI=1S/C9H8N3O/c1-13-8-4-2-3-7(5-8)9-6-10-12-11-9/h2-6H,1H3. The van der Waals surface area contributed by atoms with E-state index in [1.54, 1.807) is 13.3 Å². The van der Waals surface area contributed by atoms with Crippen LogP contribution in [0.15, 0.2) is 40.8 Å². The van der Waals surface area contributed by atoms with E-state index < -0.39 is 0 Å². The largest absolute Gasteiger partial charge is 0.497 e. The third-order valence-electron chi connectivity index (χ3n) is 1.75. The first-order valence-corrected chi connectivity index (χ1v) is 3.85. The molecule has 1 heterocycles. The van der Waals surface area contributed by atoms with Crippen LogP contribution in [0.25, 0.3) is 5.70 Å². The van der Waals surface area contributed by atoms with Crippen molar-refractivity contribution < 1.29 is 4.74 Å². The van der Waals surface area contributed by atoms with Gasteiger partial charge in [0.2, 0.25) is 0 Å². The lowest BCUT2D eigenvalue weighted by molar-refractivity contribution is 0.414. The molecule has 0 spiro atoms. The van der Waals surface area contributed by atoms with Crippen LogP contribution in [0.4, 0.5) is 0 Å². The summed E-state index contributed by atoms with van der Waals surface area (Å²) in [4.78, 5) is 0. The van der Waals surface area contributed by atoms with Gasteiger partial charge in [-0.1, -0.05) is 12.1 Å². The first kappa shape index (κ1) is 7.79. The average Bonchev–Trinajstić information content (AvgIpc) is 2.71. The molecule has 0 saturated heterocycles. The van der Waals surface area contributed by atoms with Gasteiger partial charge in [-0.2, -0.15) is 0 Å². The van der Waals surface area contributed by atoms with Crippen molar-refractivity contribution in [1.29, 1.82) is 0 Å². The third kappa shape index (κ3) is 1.51. The molecule has 2 rings (SSSR count). The van der Waals surface area contributed by atoms with Gasteiger partial charge in [0.25, 0.3) is 0 Å². The Kier molecular flexibility index (Phi) is 1.96. The zero-order valence-corrected chi connectivity index (χ0v) is 7.14. The summed E-state index contributed by atoms with van der Waals surface area (Å²) >= 11 is 0.